The van der Waals surface area contributed by atoms with Crippen molar-refractivity contribution in [3.8, 4) is 0 Å². The third-order valence-corrected chi connectivity index (χ3v) is 2.89. The van der Waals surface area contributed by atoms with Gasteiger partial charge in [0.1, 0.15) is 11.5 Å². The molecule has 0 aliphatic heterocycles. The molecular formula is C12H15F3N4O2. The zero-order valence-electron chi connectivity index (χ0n) is 11.3. The van der Waals surface area contributed by atoms with Gasteiger partial charge in [0.2, 0.25) is 5.82 Å². The van der Waals surface area contributed by atoms with Crippen LogP contribution in [0.15, 0.2) is 6.07 Å². The number of aryl methyl sites for hydroxylation is 1. The fraction of sp³-hybridized carbons (Fsp3) is 0.500. The molecule has 2 aromatic heterocycles. The number of fused-ring (bicyclic) bond motifs is 1. The molecule has 0 bridgehead atoms. The number of alkyl halides is 3. The number of aliphatic hydroxyl groups is 2. The number of aromatic amines is 1. The number of aliphatic hydroxyl groups excluding tert-OH is 2. The van der Waals surface area contributed by atoms with Crippen molar-refractivity contribution in [2.24, 2.45) is 0 Å². The average molecular weight is 304 g/mol. The van der Waals surface area contributed by atoms with Gasteiger partial charge in [0.15, 0.2) is 0 Å². The van der Waals surface area contributed by atoms with E-state index in [9.17, 15) is 13.2 Å². The highest BCUT2D eigenvalue weighted by atomic mass is 19.4. The molecule has 0 aliphatic carbocycles. The number of hydrogen-bond acceptors (Lipinski definition) is 5. The molecule has 3 N–H and O–H groups in total. The summed E-state index contributed by atoms with van der Waals surface area (Å²) >= 11 is 0. The van der Waals surface area contributed by atoms with Crippen molar-refractivity contribution < 1.29 is 23.4 Å². The molecule has 9 heteroatoms. The van der Waals surface area contributed by atoms with E-state index in [4.69, 9.17) is 10.2 Å². The first-order valence-corrected chi connectivity index (χ1v) is 6.28. The van der Waals surface area contributed by atoms with E-state index in [1.54, 1.807) is 13.0 Å². The minimum atomic E-state index is -4.67. The number of anilines is 1. The molecule has 0 spiro atoms. The number of rotatable bonds is 5. The summed E-state index contributed by atoms with van der Waals surface area (Å²) in [5.74, 6) is -1.22. The van der Waals surface area contributed by atoms with E-state index < -0.39 is 12.0 Å². The fourth-order valence-corrected chi connectivity index (χ4v) is 2.06. The van der Waals surface area contributed by atoms with Crippen LogP contribution >= 0.6 is 0 Å². The lowest BCUT2D eigenvalue weighted by molar-refractivity contribution is -0.144. The maximum atomic E-state index is 12.9. The summed E-state index contributed by atoms with van der Waals surface area (Å²) in [6.07, 6.45) is -4.67. The van der Waals surface area contributed by atoms with Crippen LogP contribution < -0.4 is 4.90 Å². The number of H-pyrrole nitrogens is 1. The Labute approximate surface area is 118 Å². The molecule has 0 saturated heterocycles. The first-order chi connectivity index (χ1) is 9.86. The quantitative estimate of drug-likeness (QED) is 0.769. The Morgan fingerprint density at radius 1 is 1.19 bits per heavy atom. The molecule has 0 fully saturated rings. The minimum Gasteiger partial charge on any atom is -0.395 e. The lowest BCUT2D eigenvalue weighted by Gasteiger charge is -2.23. The molecule has 2 rings (SSSR count). The van der Waals surface area contributed by atoms with Crippen molar-refractivity contribution in [2.75, 3.05) is 31.2 Å². The molecule has 0 atom stereocenters. The number of aromatic nitrogens is 3. The Morgan fingerprint density at radius 2 is 1.81 bits per heavy atom. The normalized spacial score (nSPS) is 12.1. The average Bonchev–Trinajstić information content (AvgIpc) is 2.76. The molecule has 0 aromatic carbocycles. The molecule has 116 valence electrons. The molecule has 0 amide bonds. The second-order valence-electron chi connectivity index (χ2n) is 4.52. The SMILES string of the molecule is Cc1cc2c(N(CCO)CCO)nc(C(F)(F)F)nc2[nH]1. The maximum Gasteiger partial charge on any atom is 0.451 e. The third-order valence-electron chi connectivity index (χ3n) is 2.89. The lowest BCUT2D eigenvalue weighted by Crippen LogP contribution is -2.31. The van der Waals surface area contributed by atoms with Crippen LogP contribution in [0.2, 0.25) is 0 Å². The van der Waals surface area contributed by atoms with Gasteiger partial charge in [-0.15, -0.1) is 0 Å². The summed E-state index contributed by atoms with van der Waals surface area (Å²) in [5.41, 5.74) is 0.721. The predicted octanol–water partition coefficient (Wildman–Crippen LogP) is 1.08. The minimum absolute atomic E-state index is 0.0415. The standard InChI is InChI=1S/C12H15F3N4O2/c1-7-6-8-9(16-7)17-11(12(13,14)15)18-10(8)19(2-4-20)3-5-21/h6,20-21H,2-5H2,1H3,(H,16,17,18). The molecular weight excluding hydrogens is 289 g/mol. The van der Waals surface area contributed by atoms with Gasteiger partial charge < -0.3 is 20.1 Å². The molecule has 0 aliphatic rings. The Balaban J connectivity index is 2.62. The number of halogens is 3. The zero-order chi connectivity index (χ0) is 15.6. The molecule has 0 unspecified atom stereocenters. The maximum absolute atomic E-state index is 12.9. The zero-order valence-corrected chi connectivity index (χ0v) is 11.3. The summed E-state index contributed by atoms with van der Waals surface area (Å²) in [5, 5.41) is 18.5. The Kier molecular flexibility index (Phi) is 4.33. The second-order valence-corrected chi connectivity index (χ2v) is 4.52. The van der Waals surface area contributed by atoms with Gasteiger partial charge >= 0.3 is 6.18 Å². The van der Waals surface area contributed by atoms with E-state index in [1.165, 1.54) is 4.90 Å². The topological polar surface area (TPSA) is 85.3 Å². The van der Waals surface area contributed by atoms with Crippen LogP contribution in [0.5, 0.6) is 0 Å². The number of nitrogens with one attached hydrogen (secondary N) is 1. The van der Waals surface area contributed by atoms with Crippen molar-refractivity contribution in [3.05, 3.63) is 17.6 Å². The van der Waals surface area contributed by atoms with E-state index in [2.05, 4.69) is 15.0 Å². The summed E-state index contributed by atoms with van der Waals surface area (Å²) in [6, 6.07) is 1.63. The van der Waals surface area contributed by atoms with Crippen LogP contribution in [0.4, 0.5) is 19.0 Å². The predicted molar refractivity (Wildman–Crippen MR) is 70.0 cm³/mol. The van der Waals surface area contributed by atoms with Gasteiger partial charge in [-0.25, -0.2) is 9.97 Å². The molecule has 0 radical (unpaired) electrons. The Morgan fingerprint density at radius 3 is 2.33 bits per heavy atom. The van der Waals surface area contributed by atoms with Crippen LogP contribution in [0.25, 0.3) is 11.0 Å². The van der Waals surface area contributed by atoms with Crippen molar-refractivity contribution >= 4 is 16.9 Å². The van der Waals surface area contributed by atoms with Crippen LogP contribution in [0.1, 0.15) is 11.5 Å². The smallest absolute Gasteiger partial charge is 0.395 e. The van der Waals surface area contributed by atoms with Crippen molar-refractivity contribution in [1.29, 1.82) is 0 Å². The molecule has 21 heavy (non-hydrogen) atoms. The Hall–Kier alpha value is -1.87. The van der Waals surface area contributed by atoms with E-state index in [1.807, 2.05) is 0 Å². The van der Waals surface area contributed by atoms with Crippen LogP contribution in [-0.2, 0) is 6.18 Å². The number of nitrogens with zero attached hydrogens (tertiary/aromatic N) is 3. The van der Waals surface area contributed by atoms with Crippen molar-refractivity contribution in [1.82, 2.24) is 15.0 Å². The Bertz CT molecular complexity index is 621. The number of hydrogen-bond donors (Lipinski definition) is 3. The summed E-state index contributed by atoms with van der Waals surface area (Å²) < 4.78 is 38.6. The summed E-state index contributed by atoms with van der Waals surface area (Å²) in [6.45, 7) is 1.29. The monoisotopic (exact) mass is 304 g/mol. The highest BCUT2D eigenvalue weighted by molar-refractivity contribution is 5.88. The van der Waals surface area contributed by atoms with Gasteiger partial charge in [0.25, 0.3) is 0 Å². The third kappa shape index (κ3) is 3.24. The molecule has 2 heterocycles. The second kappa shape index (κ2) is 5.86. The van der Waals surface area contributed by atoms with Crippen LogP contribution in [0.3, 0.4) is 0 Å². The highest BCUT2D eigenvalue weighted by Gasteiger charge is 2.36. The van der Waals surface area contributed by atoms with Gasteiger partial charge in [-0.3, -0.25) is 0 Å². The first-order valence-electron chi connectivity index (χ1n) is 6.28. The first kappa shape index (κ1) is 15.5. The highest BCUT2D eigenvalue weighted by Crippen LogP contribution is 2.31. The van der Waals surface area contributed by atoms with Gasteiger partial charge in [0, 0.05) is 18.8 Å². The summed E-state index contributed by atoms with van der Waals surface area (Å²) in [7, 11) is 0. The van der Waals surface area contributed by atoms with E-state index >= 15 is 0 Å². The fourth-order valence-electron chi connectivity index (χ4n) is 2.06. The van der Waals surface area contributed by atoms with E-state index in [0.29, 0.717) is 11.1 Å². The van der Waals surface area contributed by atoms with Gasteiger partial charge in [-0.05, 0) is 13.0 Å². The van der Waals surface area contributed by atoms with Gasteiger partial charge in [-0.2, -0.15) is 13.2 Å². The molecule has 0 saturated carbocycles. The van der Waals surface area contributed by atoms with Crippen molar-refractivity contribution in [3.63, 3.8) is 0 Å². The van der Waals surface area contributed by atoms with Crippen LogP contribution in [-0.4, -0.2) is 51.5 Å². The molecule has 6 nitrogen and oxygen atoms in total. The lowest BCUT2D eigenvalue weighted by atomic mass is 10.3. The summed E-state index contributed by atoms with van der Waals surface area (Å²) in [4.78, 5) is 11.2. The van der Waals surface area contributed by atoms with Crippen molar-refractivity contribution in [2.45, 2.75) is 13.1 Å². The largest absolute Gasteiger partial charge is 0.451 e. The van der Waals surface area contributed by atoms with Crippen LogP contribution in [0, 0.1) is 6.92 Å². The van der Waals surface area contributed by atoms with Gasteiger partial charge in [-0.1, -0.05) is 0 Å². The van der Waals surface area contributed by atoms with Gasteiger partial charge in [0.05, 0.1) is 18.6 Å². The van der Waals surface area contributed by atoms with E-state index in [0.717, 1.165) is 0 Å². The molecule has 2 aromatic rings. The van der Waals surface area contributed by atoms with E-state index in [-0.39, 0.29) is 37.8 Å².